The van der Waals surface area contributed by atoms with Gasteiger partial charge in [-0.25, -0.2) is 0 Å². The fourth-order valence-electron chi connectivity index (χ4n) is 2.33. The fraction of sp³-hybridized carbons (Fsp3) is 0.562. The summed E-state index contributed by atoms with van der Waals surface area (Å²) in [7, 11) is 0. The number of carbonyl (C=O) groups is 1. The van der Waals surface area contributed by atoms with E-state index >= 15 is 0 Å². The number of hydrogen-bond acceptors (Lipinski definition) is 3. The van der Waals surface area contributed by atoms with E-state index < -0.39 is 5.60 Å². The van der Waals surface area contributed by atoms with Gasteiger partial charge in [-0.3, -0.25) is 4.79 Å². The molecular weight excluding hydrogens is 238 g/mol. The van der Waals surface area contributed by atoms with E-state index in [2.05, 4.69) is 23.5 Å². The number of rotatable bonds is 3. The zero-order valence-electron chi connectivity index (χ0n) is 12.1. The Morgan fingerprint density at radius 3 is 2.84 bits per heavy atom. The Morgan fingerprint density at radius 1 is 1.32 bits per heavy atom. The molecule has 3 heteroatoms. The molecule has 3 nitrogen and oxygen atoms in total. The van der Waals surface area contributed by atoms with E-state index in [4.69, 9.17) is 4.74 Å². The second-order valence-electron chi connectivity index (χ2n) is 6.12. The molecule has 1 aromatic rings. The summed E-state index contributed by atoms with van der Waals surface area (Å²) in [5, 5.41) is 3.36. The van der Waals surface area contributed by atoms with E-state index in [-0.39, 0.29) is 5.97 Å². The van der Waals surface area contributed by atoms with E-state index in [0.717, 1.165) is 25.9 Å². The lowest BCUT2D eigenvalue weighted by Gasteiger charge is -2.20. The van der Waals surface area contributed by atoms with Gasteiger partial charge in [-0.15, -0.1) is 0 Å². The van der Waals surface area contributed by atoms with Crippen LogP contribution in [0.5, 0.6) is 0 Å². The highest BCUT2D eigenvalue weighted by molar-refractivity contribution is 5.70. The van der Waals surface area contributed by atoms with Crippen molar-refractivity contribution in [1.29, 1.82) is 0 Å². The van der Waals surface area contributed by atoms with Crippen LogP contribution in [0.3, 0.4) is 0 Å². The number of esters is 1. The van der Waals surface area contributed by atoms with Crippen LogP contribution in [-0.4, -0.2) is 18.1 Å². The molecule has 2 rings (SSSR count). The Morgan fingerprint density at radius 2 is 2.11 bits per heavy atom. The predicted molar refractivity (Wildman–Crippen MR) is 76.0 cm³/mol. The standard InChI is InChI=1S/C16H23NO2/c1-16(2,3)19-15(18)7-5-12-4-6-14-11-17-9-8-13(14)10-12/h4,6,10,17H,5,7-9,11H2,1-3H3. The maximum absolute atomic E-state index is 11.7. The molecule has 0 radical (unpaired) electrons. The van der Waals surface area contributed by atoms with Crippen LogP contribution in [0.2, 0.25) is 0 Å². The van der Waals surface area contributed by atoms with Gasteiger partial charge in [0.25, 0.3) is 0 Å². The molecule has 0 aromatic heterocycles. The minimum atomic E-state index is -0.390. The van der Waals surface area contributed by atoms with E-state index in [0.29, 0.717) is 6.42 Å². The summed E-state index contributed by atoms with van der Waals surface area (Å²) in [6.45, 7) is 7.70. The van der Waals surface area contributed by atoms with Crippen molar-refractivity contribution in [2.24, 2.45) is 0 Å². The first-order valence-corrected chi connectivity index (χ1v) is 6.97. The van der Waals surface area contributed by atoms with Crippen molar-refractivity contribution in [3.05, 3.63) is 34.9 Å². The number of aryl methyl sites for hydroxylation is 1. The van der Waals surface area contributed by atoms with Crippen LogP contribution in [0.4, 0.5) is 0 Å². The molecule has 0 atom stereocenters. The van der Waals surface area contributed by atoms with Crippen LogP contribution in [0, 0.1) is 0 Å². The third kappa shape index (κ3) is 4.35. The average Bonchev–Trinajstić information content (AvgIpc) is 2.34. The van der Waals surface area contributed by atoms with Gasteiger partial charge in [-0.1, -0.05) is 18.2 Å². The van der Waals surface area contributed by atoms with Crippen molar-refractivity contribution >= 4 is 5.97 Å². The Hall–Kier alpha value is -1.35. The SMILES string of the molecule is CC(C)(C)OC(=O)CCc1ccc2c(c1)CCNC2. The van der Waals surface area contributed by atoms with Crippen LogP contribution < -0.4 is 5.32 Å². The van der Waals surface area contributed by atoms with Gasteiger partial charge in [0.15, 0.2) is 0 Å². The van der Waals surface area contributed by atoms with E-state index in [1.54, 1.807) is 0 Å². The topological polar surface area (TPSA) is 38.3 Å². The molecule has 0 spiro atoms. The molecule has 0 saturated heterocycles. The first-order valence-electron chi connectivity index (χ1n) is 6.97. The largest absolute Gasteiger partial charge is 0.460 e. The Bertz CT molecular complexity index is 460. The minimum Gasteiger partial charge on any atom is -0.460 e. The normalized spacial score (nSPS) is 14.9. The summed E-state index contributed by atoms with van der Waals surface area (Å²) in [5.41, 5.74) is 3.64. The fourth-order valence-corrected chi connectivity index (χ4v) is 2.33. The lowest BCUT2D eigenvalue weighted by molar-refractivity contribution is -0.154. The molecule has 0 unspecified atom stereocenters. The highest BCUT2D eigenvalue weighted by Crippen LogP contribution is 2.17. The summed E-state index contributed by atoms with van der Waals surface area (Å²) < 4.78 is 5.32. The summed E-state index contributed by atoms with van der Waals surface area (Å²) in [6, 6.07) is 6.53. The summed E-state index contributed by atoms with van der Waals surface area (Å²) in [5.74, 6) is -0.119. The molecule has 0 fully saturated rings. The first-order chi connectivity index (χ1) is 8.94. The number of nitrogens with one attached hydrogen (secondary N) is 1. The number of hydrogen-bond donors (Lipinski definition) is 1. The van der Waals surface area contributed by atoms with Crippen LogP contribution in [0.25, 0.3) is 0 Å². The Kier molecular flexibility index (Phi) is 4.25. The molecule has 1 aliphatic rings. The molecular formula is C16H23NO2. The highest BCUT2D eigenvalue weighted by atomic mass is 16.6. The molecule has 1 aliphatic heterocycles. The third-order valence-electron chi connectivity index (χ3n) is 3.20. The number of carbonyl (C=O) groups excluding carboxylic acids is 1. The van der Waals surface area contributed by atoms with Crippen molar-refractivity contribution in [1.82, 2.24) is 5.32 Å². The van der Waals surface area contributed by atoms with Gasteiger partial charge in [0.05, 0.1) is 0 Å². The Labute approximate surface area is 115 Å². The van der Waals surface area contributed by atoms with E-state index in [9.17, 15) is 4.79 Å². The van der Waals surface area contributed by atoms with Crippen molar-refractivity contribution < 1.29 is 9.53 Å². The third-order valence-corrected chi connectivity index (χ3v) is 3.20. The van der Waals surface area contributed by atoms with Crippen molar-refractivity contribution in [3.63, 3.8) is 0 Å². The summed E-state index contributed by atoms with van der Waals surface area (Å²) in [6.07, 6.45) is 2.29. The quantitative estimate of drug-likeness (QED) is 0.850. The first kappa shape index (κ1) is 14.1. The van der Waals surface area contributed by atoms with Crippen LogP contribution in [0.15, 0.2) is 18.2 Å². The monoisotopic (exact) mass is 261 g/mol. The van der Waals surface area contributed by atoms with E-state index in [1.807, 2.05) is 20.8 Å². The molecule has 19 heavy (non-hydrogen) atoms. The zero-order valence-corrected chi connectivity index (χ0v) is 12.1. The van der Waals surface area contributed by atoms with Crippen LogP contribution in [0.1, 0.15) is 43.9 Å². The highest BCUT2D eigenvalue weighted by Gasteiger charge is 2.16. The van der Waals surface area contributed by atoms with Gasteiger partial charge in [-0.05, 0) is 56.8 Å². The number of ether oxygens (including phenoxy) is 1. The predicted octanol–water partition coefficient (Wildman–Crippen LogP) is 2.61. The minimum absolute atomic E-state index is 0.119. The lowest BCUT2D eigenvalue weighted by atomic mass is 9.97. The van der Waals surface area contributed by atoms with Gasteiger partial charge >= 0.3 is 5.97 Å². The molecule has 0 saturated carbocycles. The zero-order chi connectivity index (χ0) is 13.9. The molecule has 1 heterocycles. The molecule has 0 amide bonds. The van der Waals surface area contributed by atoms with Crippen molar-refractivity contribution in [2.45, 2.75) is 52.2 Å². The summed E-state index contributed by atoms with van der Waals surface area (Å²) >= 11 is 0. The van der Waals surface area contributed by atoms with Gasteiger partial charge in [0.2, 0.25) is 0 Å². The summed E-state index contributed by atoms with van der Waals surface area (Å²) in [4.78, 5) is 11.7. The van der Waals surface area contributed by atoms with Crippen molar-refractivity contribution in [3.8, 4) is 0 Å². The smallest absolute Gasteiger partial charge is 0.306 e. The van der Waals surface area contributed by atoms with Crippen LogP contribution in [-0.2, 0) is 28.9 Å². The van der Waals surface area contributed by atoms with E-state index in [1.165, 1.54) is 16.7 Å². The van der Waals surface area contributed by atoms with Gasteiger partial charge < -0.3 is 10.1 Å². The molecule has 1 N–H and O–H groups in total. The second-order valence-corrected chi connectivity index (χ2v) is 6.12. The maximum atomic E-state index is 11.7. The van der Waals surface area contributed by atoms with Gasteiger partial charge in [0.1, 0.15) is 5.60 Å². The van der Waals surface area contributed by atoms with Gasteiger partial charge in [-0.2, -0.15) is 0 Å². The lowest BCUT2D eigenvalue weighted by Crippen LogP contribution is -2.24. The maximum Gasteiger partial charge on any atom is 0.306 e. The van der Waals surface area contributed by atoms with Crippen molar-refractivity contribution in [2.75, 3.05) is 6.54 Å². The van der Waals surface area contributed by atoms with Gasteiger partial charge in [0, 0.05) is 13.0 Å². The molecule has 1 aromatic carbocycles. The number of benzene rings is 1. The Balaban J connectivity index is 1.91. The molecule has 0 aliphatic carbocycles. The molecule has 104 valence electrons. The average molecular weight is 261 g/mol. The number of fused-ring (bicyclic) bond motifs is 1. The van der Waals surface area contributed by atoms with Crippen LogP contribution >= 0.6 is 0 Å². The molecule has 0 bridgehead atoms. The second kappa shape index (κ2) is 5.74.